The molecule has 0 saturated heterocycles. The number of benzene rings is 2. The smallest absolute Gasteiger partial charge is 0.296 e. The summed E-state index contributed by atoms with van der Waals surface area (Å²) in [5.41, 5.74) is 1.61. The van der Waals surface area contributed by atoms with Crippen LogP contribution in [0.4, 0.5) is 9.52 Å². The first-order valence-corrected chi connectivity index (χ1v) is 15.6. The summed E-state index contributed by atoms with van der Waals surface area (Å²) < 4.78 is 20.4. The average Bonchev–Trinajstić information content (AvgIpc) is 3.64. The third kappa shape index (κ3) is 6.04. The molecule has 2 aromatic carbocycles. The number of amides is 1. The molecule has 1 aliphatic heterocycles. The minimum absolute atomic E-state index is 0.0443. The molecular formula is C29H27FN4O4S3. The van der Waals surface area contributed by atoms with Crippen molar-refractivity contribution < 1.29 is 23.8 Å². The fourth-order valence-electron chi connectivity index (χ4n) is 4.41. The molecule has 8 nitrogen and oxygen atoms in total. The molecule has 1 unspecified atom stereocenters. The highest BCUT2D eigenvalue weighted by Crippen LogP contribution is 2.44. The van der Waals surface area contributed by atoms with Gasteiger partial charge in [-0.3, -0.25) is 14.5 Å². The lowest BCUT2D eigenvalue weighted by Crippen LogP contribution is -2.31. The number of rotatable bonds is 11. The molecule has 12 heteroatoms. The molecule has 5 rings (SSSR count). The van der Waals surface area contributed by atoms with E-state index in [-0.39, 0.29) is 16.5 Å². The van der Waals surface area contributed by atoms with Crippen LogP contribution in [0.15, 0.2) is 64.2 Å². The Morgan fingerprint density at radius 2 is 1.88 bits per heavy atom. The number of nitrogens with zero attached hydrogens (tertiary/aromatic N) is 4. The first-order valence-electron chi connectivity index (χ1n) is 13.0. The molecule has 1 atom stereocenters. The standard InChI is InChI=1S/C29H27FN4O4S3/c1-4-5-14-38-20-12-10-18(11-13-20)23-22(24(35)26-16(2)31-17(3)40-26)25(36)27(37)34(23)28-32-33-29(41-28)39-15-19-8-6-7-9-21(19)30/h6-13,23,36H,4-5,14-15H2,1-3H3. The lowest BCUT2D eigenvalue weighted by atomic mass is 9.95. The predicted molar refractivity (Wildman–Crippen MR) is 159 cm³/mol. The molecule has 212 valence electrons. The lowest BCUT2D eigenvalue weighted by molar-refractivity contribution is -0.117. The zero-order chi connectivity index (χ0) is 29.1. The van der Waals surface area contributed by atoms with Gasteiger partial charge in [0, 0.05) is 5.75 Å². The molecule has 1 N–H and O–H groups in total. The molecular weight excluding hydrogens is 584 g/mol. The van der Waals surface area contributed by atoms with Crippen LogP contribution in [0.3, 0.4) is 0 Å². The third-order valence-electron chi connectivity index (χ3n) is 6.44. The zero-order valence-corrected chi connectivity index (χ0v) is 25.0. The van der Waals surface area contributed by atoms with Gasteiger partial charge in [0.05, 0.1) is 33.8 Å². The van der Waals surface area contributed by atoms with Crippen LogP contribution in [-0.2, 0) is 10.5 Å². The van der Waals surface area contributed by atoms with Gasteiger partial charge in [0.1, 0.15) is 11.6 Å². The van der Waals surface area contributed by atoms with E-state index >= 15 is 0 Å². The molecule has 0 spiro atoms. The van der Waals surface area contributed by atoms with E-state index in [1.54, 1.807) is 56.3 Å². The van der Waals surface area contributed by atoms with E-state index in [0.29, 0.717) is 49.2 Å². The first-order chi connectivity index (χ1) is 19.8. The van der Waals surface area contributed by atoms with Crippen LogP contribution in [0.25, 0.3) is 0 Å². The summed E-state index contributed by atoms with van der Waals surface area (Å²) in [4.78, 5) is 33.3. The van der Waals surface area contributed by atoms with Crippen molar-refractivity contribution in [3.05, 3.63) is 92.4 Å². The van der Waals surface area contributed by atoms with Gasteiger partial charge in [-0.1, -0.05) is 66.8 Å². The lowest BCUT2D eigenvalue weighted by Gasteiger charge is -2.24. The van der Waals surface area contributed by atoms with Gasteiger partial charge < -0.3 is 9.84 Å². The van der Waals surface area contributed by atoms with Crippen LogP contribution in [0.1, 0.15) is 57.3 Å². The SMILES string of the molecule is CCCCOc1ccc(C2C(C(=O)c3sc(C)nc3C)=C(O)C(=O)N2c2nnc(SCc3ccccc3F)s2)cc1. The minimum atomic E-state index is -0.945. The van der Waals surface area contributed by atoms with Crippen molar-refractivity contribution in [2.45, 2.75) is 49.7 Å². The molecule has 0 radical (unpaired) electrons. The molecule has 41 heavy (non-hydrogen) atoms. The summed E-state index contributed by atoms with van der Waals surface area (Å²) in [5.74, 6) is -1.17. The van der Waals surface area contributed by atoms with Gasteiger partial charge >= 0.3 is 0 Å². The van der Waals surface area contributed by atoms with Crippen molar-refractivity contribution in [2.24, 2.45) is 0 Å². The van der Waals surface area contributed by atoms with E-state index in [4.69, 9.17) is 4.74 Å². The fourth-order valence-corrected chi connectivity index (χ4v) is 7.14. The van der Waals surface area contributed by atoms with E-state index < -0.39 is 23.5 Å². The van der Waals surface area contributed by atoms with Gasteiger partial charge in [0.15, 0.2) is 10.1 Å². The maximum absolute atomic E-state index is 14.1. The van der Waals surface area contributed by atoms with Crippen molar-refractivity contribution in [2.75, 3.05) is 11.5 Å². The molecule has 4 aromatic rings. The second kappa shape index (κ2) is 12.5. The summed E-state index contributed by atoms with van der Waals surface area (Å²) in [5, 5.41) is 20.4. The number of Topliss-reactive ketones (excluding diaryl/α,β-unsaturated/α-hetero) is 1. The Morgan fingerprint density at radius 1 is 1.12 bits per heavy atom. The quantitative estimate of drug-likeness (QED) is 0.0837. The number of ether oxygens (including phenoxy) is 1. The Kier molecular flexibility index (Phi) is 8.81. The summed E-state index contributed by atoms with van der Waals surface area (Å²) in [6, 6.07) is 12.7. The number of hydrogen-bond acceptors (Lipinski definition) is 10. The molecule has 0 fully saturated rings. The molecule has 0 saturated carbocycles. The number of carbonyl (C=O) groups is 2. The van der Waals surface area contributed by atoms with E-state index in [1.165, 1.54) is 34.1 Å². The molecule has 1 aliphatic rings. The third-order valence-corrected chi connectivity index (χ3v) is 9.61. The van der Waals surface area contributed by atoms with E-state index in [2.05, 4.69) is 22.1 Å². The second-order valence-corrected chi connectivity index (χ2v) is 12.7. The molecule has 0 bridgehead atoms. The zero-order valence-electron chi connectivity index (χ0n) is 22.6. The van der Waals surface area contributed by atoms with Gasteiger partial charge in [-0.15, -0.1) is 21.5 Å². The Bertz CT molecular complexity index is 1620. The predicted octanol–water partition coefficient (Wildman–Crippen LogP) is 7.00. The highest BCUT2D eigenvalue weighted by Gasteiger charge is 2.46. The Labute approximate surface area is 248 Å². The first kappa shape index (κ1) is 28.9. The monoisotopic (exact) mass is 610 g/mol. The summed E-state index contributed by atoms with van der Waals surface area (Å²) in [7, 11) is 0. The Hall–Kier alpha value is -3.61. The second-order valence-electron chi connectivity index (χ2n) is 9.32. The van der Waals surface area contributed by atoms with Gasteiger partial charge in [-0.25, -0.2) is 9.37 Å². The van der Waals surface area contributed by atoms with Crippen LogP contribution in [-0.4, -0.2) is 38.6 Å². The van der Waals surface area contributed by atoms with Gasteiger partial charge in [-0.2, -0.15) is 0 Å². The Balaban J connectivity index is 1.49. The van der Waals surface area contributed by atoms with Crippen LogP contribution in [0.2, 0.25) is 0 Å². The number of aromatic nitrogens is 3. The topological polar surface area (TPSA) is 106 Å². The summed E-state index contributed by atoms with van der Waals surface area (Å²) in [6.45, 7) is 6.19. The van der Waals surface area contributed by atoms with E-state index in [1.807, 2.05) is 0 Å². The number of aliphatic hydroxyl groups excluding tert-OH is 1. The maximum atomic E-state index is 14.1. The number of aryl methyl sites for hydroxylation is 2. The van der Waals surface area contributed by atoms with Gasteiger partial charge in [0.2, 0.25) is 10.9 Å². The number of hydrogen-bond donors (Lipinski definition) is 1. The molecule has 3 heterocycles. The van der Waals surface area contributed by atoms with Crippen molar-refractivity contribution >= 4 is 51.3 Å². The number of thiazole rings is 1. The van der Waals surface area contributed by atoms with E-state index in [0.717, 1.165) is 24.2 Å². The number of aliphatic hydroxyl groups is 1. The molecule has 2 aromatic heterocycles. The van der Waals surface area contributed by atoms with E-state index in [9.17, 15) is 19.1 Å². The summed E-state index contributed by atoms with van der Waals surface area (Å²) >= 11 is 3.64. The van der Waals surface area contributed by atoms with Crippen LogP contribution >= 0.6 is 34.4 Å². The average molecular weight is 611 g/mol. The number of carbonyl (C=O) groups excluding carboxylic acids is 2. The van der Waals surface area contributed by atoms with Crippen molar-refractivity contribution in [3.63, 3.8) is 0 Å². The largest absolute Gasteiger partial charge is 0.503 e. The minimum Gasteiger partial charge on any atom is -0.503 e. The number of thioether (sulfide) groups is 1. The van der Waals surface area contributed by atoms with Crippen molar-refractivity contribution in [1.29, 1.82) is 0 Å². The highest BCUT2D eigenvalue weighted by atomic mass is 32.2. The number of ketones is 1. The summed E-state index contributed by atoms with van der Waals surface area (Å²) in [6.07, 6.45) is 1.93. The van der Waals surface area contributed by atoms with Gasteiger partial charge in [0.25, 0.3) is 5.91 Å². The fraction of sp³-hybridized carbons (Fsp3) is 0.276. The van der Waals surface area contributed by atoms with Crippen molar-refractivity contribution in [1.82, 2.24) is 15.2 Å². The van der Waals surface area contributed by atoms with Gasteiger partial charge in [-0.05, 0) is 49.6 Å². The normalized spacial score (nSPS) is 15.2. The molecule has 1 amide bonds. The molecule has 0 aliphatic carbocycles. The number of halogens is 1. The van der Waals surface area contributed by atoms with Crippen molar-refractivity contribution in [3.8, 4) is 5.75 Å². The maximum Gasteiger partial charge on any atom is 0.296 e. The number of anilines is 1. The number of unbranched alkanes of at least 4 members (excludes halogenated alkanes) is 1. The highest BCUT2D eigenvalue weighted by molar-refractivity contribution is 8.00. The Morgan fingerprint density at radius 3 is 2.56 bits per heavy atom. The van der Waals surface area contributed by atoms with Crippen LogP contribution in [0.5, 0.6) is 5.75 Å². The van der Waals surface area contributed by atoms with Crippen LogP contribution < -0.4 is 9.64 Å². The van der Waals surface area contributed by atoms with Crippen LogP contribution in [0, 0.1) is 19.7 Å².